The number of halogens is 2. The highest BCUT2D eigenvalue weighted by Gasteiger charge is 2.12. The van der Waals surface area contributed by atoms with Crippen LogP contribution in [0, 0.1) is 25.5 Å². The lowest BCUT2D eigenvalue weighted by Gasteiger charge is -2.04. The van der Waals surface area contributed by atoms with E-state index < -0.39 is 17.4 Å². The molecule has 1 aromatic carbocycles. The van der Waals surface area contributed by atoms with E-state index in [0.717, 1.165) is 18.2 Å². The van der Waals surface area contributed by atoms with E-state index in [1.54, 1.807) is 26.0 Å². The van der Waals surface area contributed by atoms with Crippen molar-refractivity contribution in [3.8, 4) is 0 Å². The Morgan fingerprint density at radius 1 is 0.889 bits per heavy atom. The normalized spacial score (nSPS) is 10.4. The van der Waals surface area contributed by atoms with E-state index in [9.17, 15) is 13.6 Å². The number of aromatic nitrogens is 1. The van der Waals surface area contributed by atoms with Crippen molar-refractivity contribution < 1.29 is 13.6 Å². The number of hydrogen-bond donors (Lipinski definition) is 0. The van der Waals surface area contributed by atoms with Crippen molar-refractivity contribution in [2.45, 2.75) is 13.8 Å². The molecular formula is C14H11F2NO. The number of ketones is 1. The molecule has 0 fully saturated rings. The summed E-state index contributed by atoms with van der Waals surface area (Å²) in [5.41, 5.74) is 1.76. The SMILES string of the molecule is Cc1cc(C(=O)c2cc(F)cc(F)c2)cc(C)n1. The molecule has 2 aromatic rings. The van der Waals surface area contributed by atoms with Gasteiger partial charge in [-0.25, -0.2) is 8.78 Å². The summed E-state index contributed by atoms with van der Waals surface area (Å²) >= 11 is 0. The first-order chi connectivity index (χ1) is 8.45. The van der Waals surface area contributed by atoms with Crippen LogP contribution in [-0.2, 0) is 0 Å². The van der Waals surface area contributed by atoms with Gasteiger partial charge in [0, 0.05) is 28.6 Å². The summed E-state index contributed by atoms with van der Waals surface area (Å²) < 4.78 is 26.1. The van der Waals surface area contributed by atoms with E-state index in [1.165, 1.54) is 0 Å². The van der Waals surface area contributed by atoms with Crippen LogP contribution in [0.3, 0.4) is 0 Å². The molecule has 0 N–H and O–H groups in total. The van der Waals surface area contributed by atoms with Gasteiger partial charge in [0.05, 0.1) is 0 Å². The molecule has 1 aromatic heterocycles. The smallest absolute Gasteiger partial charge is 0.193 e. The molecule has 0 spiro atoms. The van der Waals surface area contributed by atoms with Crippen LogP contribution in [0.25, 0.3) is 0 Å². The number of rotatable bonds is 2. The monoisotopic (exact) mass is 247 g/mol. The Labute approximate surface area is 103 Å². The van der Waals surface area contributed by atoms with Crippen LogP contribution in [-0.4, -0.2) is 10.8 Å². The zero-order chi connectivity index (χ0) is 13.3. The molecule has 0 atom stereocenters. The molecule has 2 nitrogen and oxygen atoms in total. The predicted octanol–water partition coefficient (Wildman–Crippen LogP) is 3.21. The van der Waals surface area contributed by atoms with Crippen molar-refractivity contribution in [3.05, 3.63) is 64.5 Å². The molecule has 0 radical (unpaired) electrons. The van der Waals surface area contributed by atoms with Crippen LogP contribution in [0.2, 0.25) is 0 Å². The van der Waals surface area contributed by atoms with Crippen LogP contribution in [0.4, 0.5) is 8.78 Å². The second-order valence-electron chi connectivity index (χ2n) is 4.13. The average molecular weight is 247 g/mol. The Morgan fingerprint density at radius 2 is 1.33 bits per heavy atom. The van der Waals surface area contributed by atoms with Gasteiger partial charge in [-0.2, -0.15) is 0 Å². The van der Waals surface area contributed by atoms with Crippen LogP contribution in [0.5, 0.6) is 0 Å². The van der Waals surface area contributed by atoms with E-state index in [4.69, 9.17) is 0 Å². The summed E-state index contributed by atoms with van der Waals surface area (Å²) in [6, 6.07) is 5.98. The highest BCUT2D eigenvalue weighted by atomic mass is 19.1. The summed E-state index contributed by atoms with van der Waals surface area (Å²) in [7, 11) is 0. The van der Waals surface area contributed by atoms with Gasteiger partial charge >= 0.3 is 0 Å². The second-order valence-corrected chi connectivity index (χ2v) is 4.13. The lowest BCUT2D eigenvalue weighted by molar-refractivity contribution is 0.103. The zero-order valence-corrected chi connectivity index (χ0v) is 10.00. The van der Waals surface area contributed by atoms with E-state index in [-0.39, 0.29) is 5.56 Å². The highest BCUT2D eigenvalue weighted by Crippen LogP contribution is 2.14. The largest absolute Gasteiger partial charge is 0.289 e. The van der Waals surface area contributed by atoms with Gasteiger partial charge in [0.25, 0.3) is 0 Å². The summed E-state index contributed by atoms with van der Waals surface area (Å²) in [6.07, 6.45) is 0. The molecule has 4 heteroatoms. The van der Waals surface area contributed by atoms with Gasteiger partial charge in [0.2, 0.25) is 0 Å². The van der Waals surface area contributed by atoms with Gasteiger partial charge in [-0.05, 0) is 38.1 Å². The van der Waals surface area contributed by atoms with Crippen molar-refractivity contribution in [3.63, 3.8) is 0 Å². The number of benzene rings is 1. The van der Waals surface area contributed by atoms with Crippen LogP contribution in [0.1, 0.15) is 27.3 Å². The minimum absolute atomic E-state index is 0.00231. The van der Waals surface area contributed by atoms with Crippen molar-refractivity contribution in [2.24, 2.45) is 0 Å². The molecule has 18 heavy (non-hydrogen) atoms. The van der Waals surface area contributed by atoms with Crippen LogP contribution >= 0.6 is 0 Å². The predicted molar refractivity (Wildman–Crippen MR) is 63.5 cm³/mol. The lowest BCUT2D eigenvalue weighted by Crippen LogP contribution is -2.04. The van der Waals surface area contributed by atoms with Gasteiger partial charge in [0.1, 0.15) is 11.6 Å². The standard InChI is InChI=1S/C14H11F2NO/c1-8-3-10(4-9(2)17-8)14(18)11-5-12(15)7-13(16)6-11/h3-7H,1-2H3. The molecule has 2 rings (SSSR count). The summed E-state index contributed by atoms with van der Waals surface area (Å²) in [5.74, 6) is -1.94. The summed E-state index contributed by atoms with van der Waals surface area (Å²) in [4.78, 5) is 16.2. The molecule has 1 heterocycles. The number of hydrogen-bond acceptors (Lipinski definition) is 2. The molecule has 0 aliphatic heterocycles. The summed E-state index contributed by atoms with van der Waals surface area (Å²) in [5, 5.41) is 0. The maximum atomic E-state index is 13.1. The third kappa shape index (κ3) is 2.59. The quantitative estimate of drug-likeness (QED) is 0.763. The van der Waals surface area contributed by atoms with Gasteiger partial charge in [0.15, 0.2) is 5.78 Å². The molecule has 0 amide bonds. The Bertz CT molecular complexity index is 529. The maximum Gasteiger partial charge on any atom is 0.193 e. The molecular weight excluding hydrogens is 236 g/mol. The fraction of sp³-hybridized carbons (Fsp3) is 0.143. The third-order valence-corrected chi connectivity index (χ3v) is 2.47. The molecule has 0 bridgehead atoms. The highest BCUT2D eigenvalue weighted by molar-refractivity contribution is 6.09. The van der Waals surface area contributed by atoms with Gasteiger partial charge in [-0.1, -0.05) is 0 Å². The second kappa shape index (κ2) is 4.64. The Hall–Kier alpha value is -2.10. The third-order valence-electron chi connectivity index (χ3n) is 2.47. The Balaban J connectivity index is 2.47. The first-order valence-corrected chi connectivity index (χ1v) is 5.42. The molecule has 0 aliphatic rings. The van der Waals surface area contributed by atoms with Crippen LogP contribution in [0.15, 0.2) is 30.3 Å². The fourth-order valence-electron chi connectivity index (χ4n) is 1.82. The van der Waals surface area contributed by atoms with Crippen molar-refractivity contribution >= 4 is 5.78 Å². The first-order valence-electron chi connectivity index (χ1n) is 5.42. The van der Waals surface area contributed by atoms with Crippen molar-refractivity contribution in [2.75, 3.05) is 0 Å². The number of carbonyl (C=O) groups is 1. The zero-order valence-electron chi connectivity index (χ0n) is 10.00. The summed E-state index contributed by atoms with van der Waals surface area (Å²) in [6.45, 7) is 3.52. The number of pyridine rings is 1. The number of aryl methyl sites for hydroxylation is 2. The molecule has 0 aliphatic carbocycles. The van der Waals surface area contributed by atoms with E-state index in [1.807, 2.05) is 0 Å². The maximum absolute atomic E-state index is 13.1. The minimum atomic E-state index is -0.763. The molecule has 0 unspecified atom stereocenters. The lowest BCUT2D eigenvalue weighted by atomic mass is 10.0. The fourth-order valence-corrected chi connectivity index (χ4v) is 1.82. The Morgan fingerprint density at radius 3 is 1.83 bits per heavy atom. The number of nitrogens with zero attached hydrogens (tertiary/aromatic N) is 1. The van der Waals surface area contributed by atoms with Gasteiger partial charge in [-0.3, -0.25) is 9.78 Å². The first kappa shape index (κ1) is 12.4. The van der Waals surface area contributed by atoms with Gasteiger partial charge in [-0.15, -0.1) is 0 Å². The topological polar surface area (TPSA) is 30.0 Å². The Kier molecular flexibility index (Phi) is 3.19. The van der Waals surface area contributed by atoms with Crippen molar-refractivity contribution in [1.29, 1.82) is 0 Å². The number of carbonyl (C=O) groups excluding carboxylic acids is 1. The molecule has 0 saturated carbocycles. The van der Waals surface area contributed by atoms with Gasteiger partial charge < -0.3 is 0 Å². The van der Waals surface area contributed by atoms with Crippen molar-refractivity contribution in [1.82, 2.24) is 4.98 Å². The molecule has 92 valence electrons. The van der Waals surface area contributed by atoms with E-state index in [2.05, 4.69) is 4.98 Å². The van der Waals surface area contributed by atoms with E-state index >= 15 is 0 Å². The minimum Gasteiger partial charge on any atom is -0.289 e. The average Bonchev–Trinajstić information content (AvgIpc) is 2.25. The molecule has 0 saturated heterocycles. The van der Waals surface area contributed by atoms with Crippen LogP contribution < -0.4 is 0 Å². The van der Waals surface area contributed by atoms with E-state index in [0.29, 0.717) is 17.0 Å².